The minimum Gasteiger partial charge on any atom is -0.365 e. The molecule has 0 radical (unpaired) electrons. The normalized spacial score (nSPS) is 22.5. The average Bonchev–Trinajstić information content (AvgIpc) is 3.37. The SMILES string of the molecule is CCC=CCC1OC1C=CC(CC=CCC=CCC=CCCC)P=O. The first-order chi connectivity index (χ1) is 12.3. The molecule has 3 heteroatoms. The van der Waals surface area contributed by atoms with Gasteiger partial charge in [-0.3, -0.25) is 4.57 Å². The molecule has 2 nitrogen and oxygen atoms in total. The van der Waals surface area contributed by atoms with Crippen LogP contribution >= 0.6 is 8.46 Å². The van der Waals surface area contributed by atoms with Gasteiger partial charge in [-0.2, -0.15) is 0 Å². The maximum absolute atomic E-state index is 11.3. The summed E-state index contributed by atoms with van der Waals surface area (Å²) >= 11 is 0. The molecule has 138 valence electrons. The molecule has 1 fully saturated rings. The summed E-state index contributed by atoms with van der Waals surface area (Å²) in [7, 11) is 0.177. The second kappa shape index (κ2) is 15.0. The molecule has 0 aromatic carbocycles. The molecule has 0 aliphatic carbocycles. The van der Waals surface area contributed by atoms with Crippen molar-refractivity contribution < 1.29 is 9.30 Å². The highest BCUT2D eigenvalue weighted by atomic mass is 31.1. The molecule has 0 aromatic heterocycles. The first kappa shape index (κ1) is 21.8. The summed E-state index contributed by atoms with van der Waals surface area (Å²) in [5.74, 6) is 0. The van der Waals surface area contributed by atoms with E-state index in [1.165, 1.54) is 12.8 Å². The topological polar surface area (TPSA) is 29.6 Å². The van der Waals surface area contributed by atoms with Crippen LogP contribution in [0.15, 0.2) is 60.8 Å². The zero-order valence-corrected chi connectivity index (χ0v) is 16.6. The molecule has 3 unspecified atom stereocenters. The van der Waals surface area contributed by atoms with Gasteiger partial charge in [0, 0.05) is 0 Å². The Bertz CT molecular complexity index is 488. The molecule has 0 saturated carbocycles. The van der Waals surface area contributed by atoms with E-state index in [4.69, 9.17) is 4.74 Å². The number of epoxide rings is 1. The fraction of sp³-hybridized carbons (Fsp3) is 0.545. The number of unbranched alkanes of at least 4 members (excludes halogenated alkanes) is 1. The highest BCUT2D eigenvalue weighted by molar-refractivity contribution is 7.25. The van der Waals surface area contributed by atoms with Gasteiger partial charge in [0.1, 0.15) is 6.10 Å². The van der Waals surface area contributed by atoms with E-state index in [-0.39, 0.29) is 20.2 Å². The van der Waals surface area contributed by atoms with Gasteiger partial charge in [-0.05, 0) is 38.5 Å². The molecule has 1 rings (SSSR count). The highest BCUT2D eigenvalue weighted by Gasteiger charge is 2.35. The summed E-state index contributed by atoms with van der Waals surface area (Å²) in [5, 5.41) is 0. The lowest BCUT2D eigenvalue weighted by Gasteiger charge is -1.97. The van der Waals surface area contributed by atoms with Gasteiger partial charge in [0.15, 0.2) is 8.46 Å². The zero-order chi connectivity index (χ0) is 18.2. The van der Waals surface area contributed by atoms with Gasteiger partial charge < -0.3 is 4.74 Å². The molecule has 25 heavy (non-hydrogen) atoms. The third-order valence-electron chi connectivity index (χ3n) is 3.93. The standard InChI is InChI=1S/C22H33O2P/c1-3-5-7-8-9-10-11-12-13-15-16-20(25-23)18-19-22-21(24-22)17-14-6-4-2/h6-8,10-11,13-15,18-22H,3-5,9,12,16-17H2,1-2H3. The van der Waals surface area contributed by atoms with E-state index in [1.54, 1.807) is 0 Å². The molecule has 0 bridgehead atoms. The molecular weight excluding hydrogens is 327 g/mol. The number of allylic oxidation sites excluding steroid dienone is 8. The number of ether oxygens (including phenoxy) is 1. The maximum Gasteiger partial charge on any atom is 0.163 e. The Labute approximate surface area is 155 Å². The monoisotopic (exact) mass is 360 g/mol. The van der Waals surface area contributed by atoms with E-state index in [9.17, 15) is 4.57 Å². The van der Waals surface area contributed by atoms with Gasteiger partial charge >= 0.3 is 0 Å². The highest BCUT2D eigenvalue weighted by Crippen LogP contribution is 2.28. The lowest BCUT2D eigenvalue weighted by atomic mass is 10.2. The molecule has 0 N–H and O–H groups in total. The molecule has 1 heterocycles. The zero-order valence-electron chi connectivity index (χ0n) is 15.7. The van der Waals surface area contributed by atoms with Crippen molar-refractivity contribution in [1.29, 1.82) is 0 Å². The first-order valence-electron chi connectivity index (χ1n) is 9.58. The van der Waals surface area contributed by atoms with Crippen LogP contribution in [0.25, 0.3) is 0 Å². The summed E-state index contributed by atoms with van der Waals surface area (Å²) in [5.41, 5.74) is 0.0493. The fourth-order valence-corrected chi connectivity index (χ4v) is 2.75. The molecule has 0 amide bonds. The predicted octanol–water partition coefficient (Wildman–Crippen LogP) is 6.97. The second-order valence-corrected chi connectivity index (χ2v) is 7.10. The Morgan fingerprint density at radius 2 is 1.68 bits per heavy atom. The van der Waals surface area contributed by atoms with Gasteiger partial charge in [-0.25, -0.2) is 0 Å². The third-order valence-corrected chi connectivity index (χ3v) is 4.58. The Kier molecular flexibility index (Phi) is 13.1. The van der Waals surface area contributed by atoms with E-state index in [0.717, 1.165) is 32.1 Å². The summed E-state index contributed by atoms with van der Waals surface area (Å²) in [6, 6.07) is 0. The molecule has 1 aliphatic rings. The van der Waals surface area contributed by atoms with Crippen LogP contribution in [0.1, 0.15) is 58.8 Å². The minimum atomic E-state index is 0.0493. The van der Waals surface area contributed by atoms with Gasteiger partial charge in [-0.1, -0.05) is 81.0 Å². The van der Waals surface area contributed by atoms with Crippen LogP contribution in [0.4, 0.5) is 0 Å². The number of hydrogen-bond donors (Lipinski definition) is 0. The second-order valence-electron chi connectivity index (χ2n) is 6.22. The van der Waals surface area contributed by atoms with Gasteiger partial charge in [0.25, 0.3) is 0 Å². The van der Waals surface area contributed by atoms with Crippen LogP contribution in [0.2, 0.25) is 0 Å². The van der Waals surface area contributed by atoms with E-state index in [2.05, 4.69) is 68.5 Å². The summed E-state index contributed by atoms with van der Waals surface area (Å²) < 4.78 is 16.8. The van der Waals surface area contributed by atoms with Crippen molar-refractivity contribution in [2.75, 3.05) is 0 Å². The Morgan fingerprint density at radius 1 is 0.960 bits per heavy atom. The van der Waals surface area contributed by atoms with E-state index >= 15 is 0 Å². The van der Waals surface area contributed by atoms with Crippen LogP contribution in [0.5, 0.6) is 0 Å². The van der Waals surface area contributed by atoms with Crippen molar-refractivity contribution in [2.45, 2.75) is 76.7 Å². The van der Waals surface area contributed by atoms with E-state index in [1.807, 2.05) is 6.08 Å². The van der Waals surface area contributed by atoms with E-state index < -0.39 is 0 Å². The van der Waals surface area contributed by atoms with Gasteiger partial charge in [-0.15, -0.1) is 0 Å². The van der Waals surface area contributed by atoms with Gasteiger partial charge in [0.05, 0.1) is 11.8 Å². The third kappa shape index (κ3) is 11.9. The predicted molar refractivity (Wildman–Crippen MR) is 109 cm³/mol. The quantitative estimate of drug-likeness (QED) is 0.190. The van der Waals surface area contributed by atoms with Crippen molar-refractivity contribution >= 4 is 8.46 Å². The molecule has 0 spiro atoms. The Morgan fingerprint density at radius 3 is 2.36 bits per heavy atom. The first-order valence-corrected chi connectivity index (χ1v) is 10.5. The van der Waals surface area contributed by atoms with Crippen molar-refractivity contribution in [1.82, 2.24) is 0 Å². The minimum absolute atomic E-state index is 0.0493. The molecule has 1 saturated heterocycles. The maximum atomic E-state index is 11.3. The van der Waals surface area contributed by atoms with Crippen molar-refractivity contribution in [2.24, 2.45) is 0 Å². The Hall–Kier alpha value is -1.24. The lowest BCUT2D eigenvalue weighted by molar-refractivity contribution is 0.390. The molecule has 0 aromatic rings. The van der Waals surface area contributed by atoms with Crippen LogP contribution < -0.4 is 0 Å². The summed E-state index contributed by atoms with van der Waals surface area (Å²) in [6.45, 7) is 4.32. The molecule has 1 aliphatic heterocycles. The average molecular weight is 360 g/mol. The van der Waals surface area contributed by atoms with Crippen LogP contribution in [0, 0.1) is 0 Å². The summed E-state index contributed by atoms with van der Waals surface area (Å²) in [6.07, 6.45) is 29.2. The van der Waals surface area contributed by atoms with Crippen LogP contribution in [-0.2, 0) is 9.30 Å². The summed E-state index contributed by atoms with van der Waals surface area (Å²) in [4.78, 5) is 0. The largest absolute Gasteiger partial charge is 0.365 e. The van der Waals surface area contributed by atoms with Crippen molar-refractivity contribution in [3.63, 3.8) is 0 Å². The molecule has 3 atom stereocenters. The fourth-order valence-electron chi connectivity index (χ4n) is 2.37. The smallest absolute Gasteiger partial charge is 0.163 e. The van der Waals surface area contributed by atoms with Crippen molar-refractivity contribution in [3.05, 3.63) is 60.8 Å². The van der Waals surface area contributed by atoms with Gasteiger partial charge in [0.2, 0.25) is 0 Å². The number of rotatable bonds is 14. The van der Waals surface area contributed by atoms with Crippen LogP contribution in [0.3, 0.4) is 0 Å². The number of hydrogen-bond acceptors (Lipinski definition) is 2. The van der Waals surface area contributed by atoms with E-state index in [0.29, 0.717) is 6.10 Å². The Balaban J connectivity index is 2.15. The molecular formula is C22H33O2P. The van der Waals surface area contributed by atoms with Crippen LogP contribution in [-0.4, -0.2) is 17.9 Å². The van der Waals surface area contributed by atoms with Crippen molar-refractivity contribution in [3.8, 4) is 0 Å². The lowest BCUT2D eigenvalue weighted by Crippen LogP contribution is -1.94.